The summed E-state index contributed by atoms with van der Waals surface area (Å²) in [6, 6.07) is 3.24. The van der Waals surface area contributed by atoms with Gasteiger partial charge < -0.3 is 15.4 Å². The second-order valence-electron chi connectivity index (χ2n) is 4.86. The van der Waals surface area contributed by atoms with Crippen molar-refractivity contribution in [3.05, 3.63) is 50.2 Å². The van der Waals surface area contributed by atoms with Gasteiger partial charge >= 0.3 is 5.97 Å². The zero-order chi connectivity index (χ0) is 18.0. The fourth-order valence-corrected chi connectivity index (χ4v) is 2.75. The lowest BCUT2D eigenvalue weighted by atomic mass is 9.92. The van der Waals surface area contributed by atoms with E-state index in [4.69, 9.17) is 23.8 Å². The molecule has 8 nitrogen and oxygen atoms in total. The molecule has 1 aliphatic rings. The first-order valence-electron chi connectivity index (χ1n) is 6.61. The lowest BCUT2D eigenvalue weighted by molar-refractivity contribution is -0.384. The van der Waals surface area contributed by atoms with Gasteiger partial charge in [-0.1, -0.05) is 17.7 Å². The van der Waals surface area contributed by atoms with Crippen molar-refractivity contribution in [3.8, 4) is 0 Å². The summed E-state index contributed by atoms with van der Waals surface area (Å²) in [6.45, 7) is 1.57. The quantitative estimate of drug-likeness (QED) is 0.272. The molecule has 0 saturated heterocycles. The molecule has 0 spiro atoms. The number of carbonyl (C=O) groups excluding carboxylic acids is 2. The van der Waals surface area contributed by atoms with Crippen molar-refractivity contribution in [2.45, 2.75) is 13.0 Å². The predicted molar refractivity (Wildman–Crippen MR) is 89.4 cm³/mol. The van der Waals surface area contributed by atoms with Gasteiger partial charge in [0.15, 0.2) is 5.11 Å². The number of nitro benzene ring substituents is 1. The molecule has 0 bridgehead atoms. The molecule has 2 rings (SSSR count). The third kappa shape index (κ3) is 3.36. The van der Waals surface area contributed by atoms with Crippen LogP contribution < -0.4 is 10.6 Å². The number of thiocarbonyl (C=S) groups is 1. The van der Waals surface area contributed by atoms with Crippen LogP contribution in [-0.4, -0.2) is 28.9 Å². The fourth-order valence-electron chi connectivity index (χ4n) is 2.30. The predicted octanol–water partition coefficient (Wildman–Crippen LogP) is 1.78. The number of methoxy groups -OCH3 is 1. The molecule has 0 saturated carbocycles. The summed E-state index contributed by atoms with van der Waals surface area (Å²) in [6.07, 6.45) is 0. The van der Waals surface area contributed by atoms with E-state index in [9.17, 15) is 19.7 Å². The van der Waals surface area contributed by atoms with Crippen LogP contribution in [0, 0.1) is 10.1 Å². The Labute approximate surface area is 147 Å². The van der Waals surface area contributed by atoms with Crippen LogP contribution >= 0.6 is 23.8 Å². The van der Waals surface area contributed by atoms with Gasteiger partial charge in [0.2, 0.25) is 0 Å². The van der Waals surface area contributed by atoms with Gasteiger partial charge in [-0.05, 0) is 30.8 Å². The van der Waals surface area contributed by atoms with Crippen LogP contribution in [0.3, 0.4) is 0 Å². The third-order valence-electron chi connectivity index (χ3n) is 3.38. The van der Waals surface area contributed by atoms with Gasteiger partial charge in [-0.2, -0.15) is 0 Å². The molecule has 0 aliphatic carbocycles. The van der Waals surface area contributed by atoms with Gasteiger partial charge in [0, 0.05) is 11.8 Å². The molecule has 1 aromatic carbocycles. The highest BCUT2D eigenvalue weighted by atomic mass is 35.5. The van der Waals surface area contributed by atoms with Crippen molar-refractivity contribution in [2.75, 3.05) is 7.11 Å². The molecule has 0 unspecified atom stereocenters. The Kier molecular flexibility index (Phi) is 5.15. The molecule has 10 heteroatoms. The van der Waals surface area contributed by atoms with Crippen molar-refractivity contribution in [1.29, 1.82) is 0 Å². The molecule has 2 N–H and O–H groups in total. The maximum absolute atomic E-state index is 12.3. The summed E-state index contributed by atoms with van der Waals surface area (Å²) in [5.74, 6) is -1.92. The van der Waals surface area contributed by atoms with Crippen LogP contribution in [0.1, 0.15) is 18.5 Å². The first kappa shape index (κ1) is 17.8. The van der Waals surface area contributed by atoms with Crippen LogP contribution in [0.15, 0.2) is 29.5 Å². The summed E-state index contributed by atoms with van der Waals surface area (Å²) >= 11 is 10.9. The molecule has 0 radical (unpaired) electrons. The molecule has 1 atom stereocenters. The van der Waals surface area contributed by atoms with Crippen molar-refractivity contribution in [1.82, 2.24) is 10.6 Å². The monoisotopic (exact) mass is 369 g/mol. The summed E-state index contributed by atoms with van der Waals surface area (Å²) in [4.78, 5) is 34.4. The molecular weight excluding hydrogens is 358 g/mol. The Bertz CT molecular complexity index is 793. The fraction of sp³-hybridized carbons (Fsp3) is 0.214. The maximum atomic E-state index is 12.3. The van der Waals surface area contributed by atoms with E-state index in [1.807, 2.05) is 0 Å². The summed E-state index contributed by atoms with van der Waals surface area (Å²) in [7, 11) is 1.09. The highest BCUT2D eigenvalue weighted by Crippen LogP contribution is 2.33. The van der Waals surface area contributed by atoms with Crippen molar-refractivity contribution in [3.63, 3.8) is 0 Å². The number of esters is 1. The molecule has 0 aromatic heterocycles. The van der Waals surface area contributed by atoms with Gasteiger partial charge in [0.05, 0.1) is 23.6 Å². The topological polar surface area (TPSA) is 111 Å². The number of carbonyl (C=O) groups is 2. The van der Waals surface area contributed by atoms with E-state index >= 15 is 0 Å². The lowest BCUT2D eigenvalue weighted by Gasteiger charge is -2.29. The average molecular weight is 370 g/mol. The number of nitrogens with zero attached hydrogens (tertiary/aromatic N) is 1. The van der Waals surface area contributed by atoms with E-state index in [0.29, 0.717) is 11.3 Å². The molecule has 1 aliphatic heterocycles. The highest BCUT2D eigenvalue weighted by molar-refractivity contribution is 7.80. The van der Waals surface area contributed by atoms with Crippen LogP contribution in [0.2, 0.25) is 5.02 Å². The van der Waals surface area contributed by atoms with Crippen molar-refractivity contribution >= 4 is 46.4 Å². The SMILES string of the molecule is COC(=O)C(=O)C1=C(C)NC(=S)N[C@H]1c1ccc(Cl)c([N+](=O)[O-])c1. The van der Waals surface area contributed by atoms with Crippen LogP contribution in [0.4, 0.5) is 5.69 Å². The van der Waals surface area contributed by atoms with E-state index < -0.39 is 22.7 Å². The maximum Gasteiger partial charge on any atom is 0.379 e. The number of ketones is 1. The number of ether oxygens (including phenoxy) is 1. The molecule has 0 fully saturated rings. The standard InChI is InChI=1S/C14H12ClN3O5S/c1-6-10(12(19)13(20)23-2)11(17-14(24)16-6)7-3-4-8(15)9(5-7)18(21)22/h3-5,11H,1-2H3,(H2,16,17,24)/t11-/m0/s1. The van der Waals surface area contributed by atoms with Crippen molar-refractivity contribution < 1.29 is 19.2 Å². The third-order valence-corrected chi connectivity index (χ3v) is 3.92. The number of nitro groups is 1. The number of hydrogen-bond acceptors (Lipinski definition) is 6. The second kappa shape index (κ2) is 6.93. The van der Waals surface area contributed by atoms with Gasteiger partial charge in [0.25, 0.3) is 11.5 Å². The molecular formula is C14H12ClN3O5S. The number of halogens is 1. The molecule has 1 aromatic rings. The van der Waals surface area contributed by atoms with Gasteiger partial charge in [-0.15, -0.1) is 0 Å². The minimum atomic E-state index is -1.05. The van der Waals surface area contributed by atoms with Gasteiger partial charge in [0.1, 0.15) is 5.02 Å². The Balaban J connectivity index is 2.57. The molecule has 24 heavy (non-hydrogen) atoms. The zero-order valence-corrected chi connectivity index (χ0v) is 14.2. The lowest BCUT2D eigenvalue weighted by Crippen LogP contribution is -2.46. The van der Waals surface area contributed by atoms with Crippen molar-refractivity contribution in [2.24, 2.45) is 0 Å². The van der Waals surface area contributed by atoms with E-state index in [1.165, 1.54) is 18.2 Å². The number of rotatable bonds is 4. The largest absolute Gasteiger partial charge is 0.463 e. The smallest absolute Gasteiger partial charge is 0.379 e. The van der Waals surface area contributed by atoms with Gasteiger partial charge in [-0.25, -0.2) is 4.79 Å². The minimum absolute atomic E-state index is 0.0400. The average Bonchev–Trinajstić information content (AvgIpc) is 2.53. The number of hydrogen-bond donors (Lipinski definition) is 2. The normalized spacial score (nSPS) is 17.0. The summed E-state index contributed by atoms with van der Waals surface area (Å²) in [5, 5.41) is 16.8. The number of Topliss-reactive ketones (excluding diaryl/α,β-unsaturated/α-hetero) is 1. The minimum Gasteiger partial charge on any atom is -0.463 e. The summed E-state index contributed by atoms with van der Waals surface area (Å²) < 4.78 is 4.47. The Morgan fingerprint density at radius 2 is 2.08 bits per heavy atom. The first-order valence-corrected chi connectivity index (χ1v) is 7.39. The Hall–Kier alpha value is -2.52. The number of allylic oxidation sites excluding steroid dienone is 1. The first-order chi connectivity index (χ1) is 11.3. The Morgan fingerprint density at radius 3 is 2.67 bits per heavy atom. The molecule has 1 heterocycles. The second-order valence-corrected chi connectivity index (χ2v) is 5.67. The van der Waals surface area contributed by atoms with E-state index in [1.54, 1.807) is 6.92 Å². The van der Waals surface area contributed by atoms with E-state index in [0.717, 1.165) is 7.11 Å². The number of benzene rings is 1. The Morgan fingerprint density at radius 1 is 1.42 bits per heavy atom. The number of nitrogens with one attached hydrogen (secondary N) is 2. The summed E-state index contributed by atoms with van der Waals surface area (Å²) in [5.41, 5.74) is 0.466. The molecule has 126 valence electrons. The zero-order valence-electron chi connectivity index (χ0n) is 12.6. The van der Waals surface area contributed by atoms with Crippen LogP contribution in [0.5, 0.6) is 0 Å². The highest BCUT2D eigenvalue weighted by Gasteiger charge is 2.34. The van der Waals surface area contributed by atoms with Crippen LogP contribution in [-0.2, 0) is 14.3 Å². The van der Waals surface area contributed by atoms with E-state index in [-0.39, 0.29) is 21.4 Å². The van der Waals surface area contributed by atoms with Gasteiger partial charge in [-0.3, -0.25) is 14.9 Å². The molecule has 0 amide bonds. The van der Waals surface area contributed by atoms with Crippen LogP contribution in [0.25, 0.3) is 0 Å². The van der Waals surface area contributed by atoms with E-state index in [2.05, 4.69) is 15.4 Å².